The molecule has 1 aromatic rings. The van der Waals surface area contributed by atoms with Crippen LogP contribution in [0.25, 0.3) is 0 Å². The lowest BCUT2D eigenvalue weighted by Gasteiger charge is -2.23. The molecule has 1 aromatic carbocycles. The van der Waals surface area contributed by atoms with Gasteiger partial charge in [0.05, 0.1) is 16.2 Å². The number of nitrogens with one attached hydrogen (secondary N) is 1. The Bertz CT molecular complexity index is 446. The molecule has 2 N–H and O–H groups in total. The molecule has 0 spiro atoms. The molecule has 0 bridgehead atoms. The van der Waals surface area contributed by atoms with Gasteiger partial charge in [0.1, 0.15) is 0 Å². The number of benzene rings is 1. The van der Waals surface area contributed by atoms with Crippen molar-refractivity contribution < 1.29 is 14.6 Å². The second-order valence-electron chi connectivity index (χ2n) is 4.86. The zero-order valence-corrected chi connectivity index (χ0v) is 12.3. The van der Waals surface area contributed by atoms with Gasteiger partial charge in [0.15, 0.2) is 0 Å². The van der Waals surface area contributed by atoms with Crippen LogP contribution in [0.2, 0.25) is 5.02 Å². The first-order valence-electron chi connectivity index (χ1n) is 6.12. The predicted molar refractivity (Wildman–Crippen MR) is 75.6 cm³/mol. The van der Waals surface area contributed by atoms with E-state index in [1.165, 1.54) is 0 Å². The van der Waals surface area contributed by atoms with E-state index in [4.69, 9.17) is 16.3 Å². The van der Waals surface area contributed by atoms with Crippen molar-refractivity contribution in [3.8, 4) is 0 Å². The van der Waals surface area contributed by atoms with Gasteiger partial charge < -0.3 is 15.2 Å². The molecule has 1 unspecified atom stereocenters. The summed E-state index contributed by atoms with van der Waals surface area (Å²) in [7, 11) is 1.57. The predicted octanol–water partition coefficient (Wildman–Crippen LogP) is 2.17. The maximum absolute atomic E-state index is 12.0. The SMILES string of the molecule is COCCC(C)(O)CNC(=O)c1cccc(C)c1Cl. The Morgan fingerprint density at radius 2 is 2.21 bits per heavy atom. The standard InChI is InChI=1S/C14H20ClNO3/c1-10-5-4-6-11(12(10)15)13(17)16-9-14(2,18)7-8-19-3/h4-6,18H,7-9H2,1-3H3,(H,16,17). The third-order valence-electron chi connectivity index (χ3n) is 2.91. The molecule has 0 aromatic heterocycles. The monoisotopic (exact) mass is 285 g/mol. The third kappa shape index (κ3) is 4.82. The Labute approximate surface area is 118 Å². The number of amides is 1. The van der Waals surface area contributed by atoms with E-state index >= 15 is 0 Å². The van der Waals surface area contributed by atoms with E-state index in [0.717, 1.165) is 5.56 Å². The Hall–Kier alpha value is -1.10. The lowest BCUT2D eigenvalue weighted by atomic mass is 10.0. The zero-order chi connectivity index (χ0) is 14.5. The zero-order valence-electron chi connectivity index (χ0n) is 11.5. The lowest BCUT2D eigenvalue weighted by Crippen LogP contribution is -2.41. The highest BCUT2D eigenvalue weighted by atomic mass is 35.5. The molecule has 0 saturated carbocycles. The minimum atomic E-state index is -0.998. The Balaban J connectivity index is 2.63. The Kier molecular flexibility index (Phi) is 5.79. The van der Waals surface area contributed by atoms with Gasteiger partial charge in [0.25, 0.3) is 5.91 Å². The number of hydrogen-bond acceptors (Lipinski definition) is 3. The number of carbonyl (C=O) groups is 1. The van der Waals surface area contributed by atoms with Gasteiger partial charge in [-0.15, -0.1) is 0 Å². The van der Waals surface area contributed by atoms with E-state index in [1.54, 1.807) is 26.2 Å². The van der Waals surface area contributed by atoms with E-state index in [9.17, 15) is 9.90 Å². The van der Waals surface area contributed by atoms with Crippen molar-refractivity contribution in [2.45, 2.75) is 25.9 Å². The number of methoxy groups -OCH3 is 1. The quantitative estimate of drug-likeness (QED) is 0.842. The fraction of sp³-hybridized carbons (Fsp3) is 0.500. The molecule has 0 radical (unpaired) electrons. The smallest absolute Gasteiger partial charge is 0.252 e. The molecular weight excluding hydrogens is 266 g/mol. The number of carbonyl (C=O) groups excluding carboxylic acids is 1. The van der Waals surface area contributed by atoms with Gasteiger partial charge in [-0.2, -0.15) is 0 Å². The molecule has 5 heteroatoms. The van der Waals surface area contributed by atoms with Gasteiger partial charge in [-0.25, -0.2) is 0 Å². The van der Waals surface area contributed by atoms with E-state index in [-0.39, 0.29) is 12.5 Å². The average molecular weight is 286 g/mol. The van der Waals surface area contributed by atoms with Gasteiger partial charge in [-0.3, -0.25) is 4.79 Å². The minimum absolute atomic E-state index is 0.152. The van der Waals surface area contributed by atoms with Crippen LogP contribution < -0.4 is 5.32 Å². The van der Waals surface area contributed by atoms with Gasteiger partial charge in [0, 0.05) is 26.7 Å². The molecule has 0 aliphatic carbocycles. The number of aliphatic hydroxyl groups is 1. The van der Waals surface area contributed by atoms with Crippen molar-refractivity contribution in [3.05, 3.63) is 34.3 Å². The van der Waals surface area contributed by atoms with Gasteiger partial charge >= 0.3 is 0 Å². The van der Waals surface area contributed by atoms with Crippen LogP contribution in [-0.4, -0.2) is 36.9 Å². The number of rotatable bonds is 6. The maximum Gasteiger partial charge on any atom is 0.252 e. The Morgan fingerprint density at radius 1 is 1.53 bits per heavy atom. The number of hydrogen-bond donors (Lipinski definition) is 2. The summed E-state index contributed by atoms with van der Waals surface area (Å²) < 4.78 is 4.91. The van der Waals surface area contributed by atoms with Gasteiger partial charge in [0.2, 0.25) is 0 Å². The summed E-state index contributed by atoms with van der Waals surface area (Å²) in [6.07, 6.45) is 0.450. The van der Waals surface area contributed by atoms with E-state index < -0.39 is 5.60 Å². The number of ether oxygens (including phenoxy) is 1. The highest BCUT2D eigenvalue weighted by Crippen LogP contribution is 2.20. The molecule has 1 atom stereocenters. The first-order chi connectivity index (χ1) is 8.87. The minimum Gasteiger partial charge on any atom is -0.388 e. The van der Waals surface area contributed by atoms with Crippen LogP contribution in [0.4, 0.5) is 0 Å². The molecule has 0 aliphatic heterocycles. The largest absolute Gasteiger partial charge is 0.388 e. The first kappa shape index (κ1) is 16.0. The van der Waals surface area contributed by atoms with Gasteiger partial charge in [-0.1, -0.05) is 23.7 Å². The summed E-state index contributed by atoms with van der Waals surface area (Å²) in [5.74, 6) is -0.286. The molecule has 0 fully saturated rings. The summed E-state index contributed by atoms with van der Waals surface area (Å²) in [6.45, 7) is 4.09. The summed E-state index contributed by atoms with van der Waals surface area (Å²) in [5.41, 5.74) is 0.270. The topological polar surface area (TPSA) is 58.6 Å². The molecule has 1 rings (SSSR count). The van der Waals surface area contributed by atoms with Crippen molar-refractivity contribution in [2.75, 3.05) is 20.3 Å². The summed E-state index contributed by atoms with van der Waals surface area (Å²) >= 11 is 6.08. The van der Waals surface area contributed by atoms with Crippen molar-refractivity contribution in [1.82, 2.24) is 5.32 Å². The van der Waals surface area contributed by atoms with Crippen LogP contribution in [0.5, 0.6) is 0 Å². The van der Waals surface area contributed by atoms with Crippen LogP contribution in [0.3, 0.4) is 0 Å². The summed E-state index contributed by atoms with van der Waals surface area (Å²) in [4.78, 5) is 12.0. The van der Waals surface area contributed by atoms with Crippen LogP contribution in [-0.2, 0) is 4.74 Å². The first-order valence-corrected chi connectivity index (χ1v) is 6.50. The molecule has 4 nitrogen and oxygen atoms in total. The molecule has 0 aliphatic rings. The highest BCUT2D eigenvalue weighted by Gasteiger charge is 2.22. The van der Waals surface area contributed by atoms with Crippen molar-refractivity contribution in [3.63, 3.8) is 0 Å². The van der Waals surface area contributed by atoms with E-state index in [2.05, 4.69) is 5.32 Å². The molecular formula is C14H20ClNO3. The maximum atomic E-state index is 12.0. The van der Waals surface area contributed by atoms with Crippen molar-refractivity contribution in [2.24, 2.45) is 0 Å². The Morgan fingerprint density at radius 3 is 2.84 bits per heavy atom. The average Bonchev–Trinajstić information content (AvgIpc) is 2.37. The molecule has 1 amide bonds. The second-order valence-corrected chi connectivity index (χ2v) is 5.24. The number of aryl methyl sites for hydroxylation is 1. The summed E-state index contributed by atoms with van der Waals surface area (Å²) in [6, 6.07) is 5.28. The normalized spacial score (nSPS) is 13.9. The fourth-order valence-electron chi connectivity index (χ4n) is 1.60. The van der Waals surface area contributed by atoms with E-state index in [0.29, 0.717) is 23.6 Å². The lowest BCUT2D eigenvalue weighted by molar-refractivity contribution is 0.0243. The van der Waals surface area contributed by atoms with Crippen molar-refractivity contribution >= 4 is 17.5 Å². The van der Waals surface area contributed by atoms with Gasteiger partial charge in [-0.05, 0) is 25.5 Å². The van der Waals surface area contributed by atoms with Crippen LogP contribution in [0, 0.1) is 6.92 Å². The fourth-order valence-corrected chi connectivity index (χ4v) is 1.81. The highest BCUT2D eigenvalue weighted by molar-refractivity contribution is 6.34. The molecule has 19 heavy (non-hydrogen) atoms. The molecule has 106 valence electrons. The third-order valence-corrected chi connectivity index (χ3v) is 3.41. The molecule has 0 saturated heterocycles. The van der Waals surface area contributed by atoms with Crippen molar-refractivity contribution in [1.29, 1.82) is 0 Å². The number of halogens is 1. The second kappa shape index (κ2) is 6.89. The molecule has 0 heterocycles. The van der Waals surface area contributed by atoms with E-state index in [1.807, 2.05) is 13.0 Å². The van der Waals surface area contributed by atoms with Crippen LogP contribution in [0.1, 0.15) is 29.3 Å². The van der Waals surface area contributed by atoms with Crippen LogP contribution >= 0.6 is 11.6 Å². The van der Waals surface area contributed by atoms with Crippen LogP contribution in [0.15, 0.2) is 18.2 Å². The summed E-state index contributed by atoms with van der Waals surface area (Å²) in [5, 5.41) is 13.2.